The summed E-state index contributed by atoms with van der Waals surface area (Å²) in [5, 5.41) is 2.86. The molecule has 112 valence electrons. The maximum absolute atomic E-state index is 11.4. The molecule has 0 radical (unpaired) electrons. The second-order valence-electron chi connectivity index (χ2n) is 6.05. The van der Waals surface area contributed by atoms with Crippen LogP contribution in [0.5, 0.6) is 0 Å². The number of pyridine rings is 1. The molecule has 1 aliphatic carbocycles. The van der Waals surface area contributed by atoms with E-state index in [-0.39, 0.29) is 5.91 Å². The Morgan fingerprint density at radius 1 is 1.38 bits per heavy atom. The molecular weight excluding hydrogens is 264 g/mol. The van der Waals surface area contributed by atoms with Gasteiger partial charge in [0.25, 0.3) is 0 Å². The van der Waals surface area contributed by atoms with Gasteiger partial charge < -0.3 is 4.57 Å². The molecule has 5 nitrogen and oxygen atoms in total. The maximum atomic E-state index is 11.4. The lowest BCUT2D eigenvalue weighted by molar-refractivity contribution is -0.114. The van der Waals surface area contributed by atoms with Crippen molar-refractivity contribution in [1.29, 1.82) is 0 Å². The van der Waals surface area contributed by atoms with E-state index in [0.717, 1.165) is 23.3 Å². The first kappa shape index (κ1) is 14.0. The summed E-state index contributed by atoms with van der Waals surface area (Å²) in [4.78, 5) is 20.2. The van der Waals surface area contributed by atoms with Crippen LogP contribution in [0.2, 0.25) is 0 Å². The molecule has 1 saturated carbocycles. The van der Waals surface area contributed by atoms with Crippen LogP contribution < -0.4 is 5.32 Å². The summed E-state index contributed by atoms with van der Waals surface area (Å²) in [5.74, 6) is 1.24. The normalized spacial score (nSPS) is 16.3. The smallest absolute Gasteiger partial charge is 0.223 e. The third kappa shape index (κ3) is 3.06. The summed E-state index contributed by atoms with van der Waals surface area (Å²) >= 11 is 0. The van der Waals surface area contributed by atoms with Gasteiger partial charge in [-0.3, -0.25) is 15.1 Å². The Hall–Kier alpha value is -1.91. The number of hydrogen-bond donors (Lipinski definition) is 1. The first-order chi connectivity index (χ1) is 10.1. The largest absolute Gasteiger partial charge is 0.310 e. The first-order valence-electron chi connectivity index (χ1n) is 7.74. The number of rotatable bonds is 3. The van der Waals surface area contributed by atoms with Crippen LogP contribution in [0.15, 0.2) is 12.3 Å². The Morgan fingerprint density at radius 3 is 2.86 bits per heavy atom. The Balaban J connectivity index is 1.98. The fourth-order valence-corrected chi connectivity index (χ4v) is 3.19. The molecule has 1 aliphatic rings. The minimum atomic E-state index is -0.0834. The van der Waals surface area contributed by atoms with E-state index >= 15 is 0 Å². The number of carbonyl (C=O) groups excluding carboxylic acids is 1. The number of amides is 1. The lowest BCUT2D eigenvalue weighted by atomic mass is 9.89. The molecule has 0 spiro atoms. The fourth-order valence-electron chi connectivity index (χ4n) is 3.19. The molecule has 2 aromatic rings. The summed E-state index contributed by atoms with van der Waals surface area (Å²) in [7, 11) is 0. The van der Waals surface area contributed by atoms with Crippen LogP contribution in [-0.4, -0.2) is 20.4 Å². The predicted molar refractivity (Wildman–Crippen MR) is 83.1 cm³/mol. The highest BCUT2D eigenvalue weighted by atomic mass is 16.1. The third-order valence-electron chi connectivity index (χ3n) is 4.22. The molecule has 3 rings (SSSR count). The van der Waals surface area contributed by atoms with Crippen molar-refractivity contribution in [2.24, 2.45) is 5.92 Å². The molecule has 0 bridgehead atoms. The number of carbonyl (C=O) groups is 1. The standard InChI is InChI=1S/C16H22N4O/c1-11-8-15-14(9-17-11)19-16(18-12(2)21)20(15)10-13-6-4-3-5-7-13/h8-9,13H,3-7,10H2,1-2H3,(H,18,19,21). The van der Waals surface area contributed by atoms with Crippen LogP contribution in [0.25, 0.3) is 11.0 Å². The summed E-state index contributed by atoms with van der Waals surface area (Å²) in [6.07, 6.45) is 8.29. The molecule has 2 aromatic heterocycles. The summed E-state index contributed by atoms with van der Waals surface area (Å²) in [5.41, 5.74) is 2.89. The SMILES string of the molecule is CC(=O)Nc1nc2cnc(C)cc2n1CC1CCCCC1. The van der Waals surface area contributed by atoms with Gasteiger partial charge in [-0.15, -0.1) is 0 Å². The molecule has 1 amide bonds. The molecule has 1 fully saturated rings. The van der Waals surface area contributed by atoms with Gasteiger partial charge in [0, 0.05) is 19.2 Å². The number of fused-ring (bicyclic) bond motifs is 1. The number of aromatic nitrogens is 3. The molecule has 0 aliphatic heterocycles. The van der Waals surface area contributed by atoms with E-state index in [1.165, 1.54) is 39.0 Å². The molecule has 0 saturated heterocycles. The van der Waals surface area contributed by atoms with Gasteiger partial charge in [0.2, 0.25) is 11.9 Å². The van der Waals surface area contributed by atoms with Crippen molar-refractivity contribution in [1.82, 2.24) is 14.5 Å². The zero-order chi connectivity index (χ0) is 14.8. The number of anilines is 1. The van der Waals surface area contributed by atoms with Crippen molar-refractivity contribution < 1.29 is 4.79 Å². The van der Waals surface area contributed by atoms with Crippen LogP contribution in [0.4, 0.5) is 5.95 Å². The lowest BCUT2D eigenvalue weighted by Gasteiger charge is -2.23. The summed E-state index contributed by atoms with van der Waals surface area (Å²) < 4.78 is 2.15. The molecule has 0 unspecified atom stereocenters. The maximum Gasteiger partial charge on any atom is 0.223 e. The van der Waals surface area contributed by atoms with E-state index in [4.69, 9.17) is 0 Å². The van der Waals surface area contributed by atoms with E-state index in [9.17, 15) is 4.79 Å². The van der Waals surface area contributed by atoms with Crippen molar-refractivity contribution in [2.45, 2.75) is 52.5 Å². The monoisotopic (exact) mass is 286 g/mol. The van der Waals surface area contributed by atoms with Gasteiger partial charge >= 0.3 is 0 Å². The number of imidazole rings is 1. The first-order valence-corrected chi connectivity index (χ1v) is 7.74. The minimum Gasteiger partial charge on any atom is -0.310 e. The highest BCUT2D eigenvalue weighted by Gasteiger charge is 2.19. The number of nitrogens with zero attached hydrogens (tertiary/aromatic N) is 3. The summed E-state index contributed by atoms with van der Waals surface area (Å²) in [6, 6.07) is 2.05. The molecule has 0 atom stereocenters. The van der Waals surface area contributed by atoms with Gasteiger partial charge in [-0.1, -0.05) is 19.3 Å². The van der Waals surface area contributed by atoms with Gasteiger partial charge in [0.1, 0.15) is 5.52 Å². The molecule has 21 heavy (non-hydrogen) atoms. The second-order valence-corrected chi connectivity index (χ2v) is 6.05. The van der Waals surface area contributed by atoms with Crippen LogP contribution in [0.3, 0.4) is 0 Å². The third-order valence-corrected chi connectivity index (χ3v) is 4.22. The van der Waals surface area contributed by atoms with E-state index in [1.807, 2.05) is 6.92 Å². The van der Waals surface area contributed by atoms with E-state index in [2.05, 4.69) is 25.9 Å². The highest BCUT2D eigenvalue weighted by Crippen LogP contribution is 2.28. The van der Waals surface area contributed by atoms with Crippen molar-refractivity contribution >= 4 is 22.9 Å². The van der Waals surface area contributed by atoms with Crippen molar-refractivity contribution in [2.75, 3.05) is 5.32 Å². The van der Waals surface area contributed by atoms with Crippen molar-refractivity contribution in [3.8, 4) is 0 Å². The highest BCUT2D eigenvalue weighted by molar-refractivity contribution is 5.89. The van der Waals surface area contributed by atoms with E-state index < -0.39 is 0 Å². The Labute approximate surface area is 124 Å². The average molecular weight is 286 g/mol. The van der Waals surface area contributed by atoms with Gasteiger partial charge in [0.15, 0.2) is 0 Å². The number of aryl methyl sites for hydroxylation is 1. The van der Waals surface area contributed by atoms with Crippen LogP contribution in [0.1, 0.15) is 44.7 Å². The molecule has 2 heterocycles. The molecule has 1 N–H and O–H groups in total. The molecule has 5 heteroatoms. The van der Waals surface area contributed by atoms with Crippen LogP contribution in [0, 0.1) is 12.8 Å². The number of hydrogen-bond acceptors (Lipinski definition) is 3. The Kier molecular flexibility index (Phi) is 3.90. The fraction of sp³-hybridized carbons (Fsp3) is 0.562. The van der Waals surface area contributed by atoms with Crippen molar-refractivity contribution in [3.05, 3.63) is 18.0 Å². The Morgan fingerprint density at radius 2 is 2.14 bits per heavy atom. The van der Waals surface area contributed by atoms with Gasteiger partial charge in [-0.25, -0.2) is 4.98 Å². The summed E-state index contributed by atoms with van der Waals surface area (Å²) in [6.45, 7) is 4.43. The van der Waals surface area contributed by atoms with Crippen LogP contribution in [-0.2, 0) is 11.3 Å². The van der Waals surface area contributed by atoms with E-state index in [1.54, 1.807) is 6.20 Å². The molecule has 0 aromatic carbocycles. The Bertz CT molecular complexity index is 656. The van der Waals surface area contributed by atoms with Crippen molar-refractivity contribution in [3.63, 3.8) is 0 Å². The lowest BCUT2D eigenvalue weighted by Crippen LogP contribution is -2.18. The van der Waals surface area contributed by atoms with Gasteiger partial charge in [-0.05, 0) is 31.7 Å². The zero-order valence-corrected chi connectivity index (χ0v) is 12.7. The predicted octanol–water partition coefficient (Wildman–Crippen LogP) is 3.28. The molecular formula is C16H22N4O. The van der Waals surface area contributed by atoms with Gasteiger partial charge in [0.05, 0.1) is 11.7 Å². The van der Waals surface area contributed by atoms with Crippen LogP contribution >= 0.6 is 0 Å². The van der Waals surface area contributed by atoms with Gasteiger partial charge in [-0.2, -0.15) is 0 Å². The quantitative estimate of drug-likeness (QED) is 0.942. The zero-order valence-electron chi connectivity index (χ0n) is 12.7. The minimum absolute atomic E-state index is 0.0834. The van der Waals surface area contributed by atoms with E-state index in [0.29, 0.717) is 11.9 Å². The second kappa shape index (κ2) is 5.84. The average Bonchev–Trinajstić information content (AvgIpc) is 2.77. The topological polar surface area (TPSA) is 59.8 Å². The number of nitrogens with one attached hydrogen (secondary N) is 1.